The van der Waals surface area contributed by atoms with Crippen LogP contribution >= 0.6 is 11.6 Å². The van der Waals surface area contributed by atoms with Gasteiger partial charge in [0.1, 0.15) is 11.6 Å². The molecule has 2 rings (SSSR count). The number of carbonyl (C=O) groups excluding carboxylic acids is 1. The fourth-order valence-corrected chi connectivity index (χ4v) is 1.60. The molecule has 5 heteroatoms. The Labute approximate surface area is 107 Å². The Bertz CT molecular complexity index is 601. The van der Waals surface area contributed by atoms with Crippen LogP contribution in [-0.4, -0.2) is 5.91 Å². The number of nitrogens with one attached hydrogen (secondary N) is 1. The van der Waals surface area contributed by atoms with E-state index in [1.165, 1.54) is 30.3 Å². The predicted molar refractivity (Wildman–Crippen MR) is 65.8 cm³/mol. The highest BCUT2D eigenvalue weighted by Gasteiger charge is 2.13. The molecule has 0 bridgehead atoms. The van der Waals surface area contributed by atoms with E-state index in [1.807, 2.05) is 0 Å². The summed E-state index contributed by atoms with van der Waals surface area (Å²) in [6.45, 7) is 0. The molecule has 0 atom stereocenters. The number of hydrogen-bond donors (Lipinski definition) is 1. The van der Waals surface area contributed by atoms with Gasteiger partial charge in [-0.3, -0.25) is 4.79 Å². The quantitative estimate of drug-likeness (QED) is 0.879. The summed E-state index contributed by atoms with van der Waals surface area (Å²) in [4.78, 5) is 11.7. The molecule has 2 aromatic carbocycles. The van der Waals surface area contributed by atoms with Crippen molar-refractivity contribution in [2.45, 2.75) is 0 Å². The van der Waals surface area contributed by atoms with Gasteiger partial charge in [-0.25, -0.2) is 8.78 Å². The lowest BCUT2D eigenvalue weighted by Crippen LogP contribution is -2.14. The van der Waals surface area contributed by atoms with Gasteiger partial charge >= 0.3 is 0 Å². The molecule has 1 N–H and O–H groups in total. The van der Waals surface area contributed by atoms with Gasteiger partial charge < -0.3 is 5.32 Å². The molecule has 0 radical (unpaired) electrons. The van der Waals surface area contributed by atoms with Gasteiger partial charge in [-0.2, -0.15) is 0 Å². The van der Waals surface area contributed by atoms with Crippen LogP contribution in [0.2, 0.25) is 5.02 Å². The smallest absolute Gasteiger partial charge is 0.258 e. The third-order valence-corrected chi connectivity index (χ3v) is 2.53. The van der Waals surface area contributed by atoms with Crippen molar-refractivity contribution in [3.63, 3.8) is 0 Å². The van der Waals surface area contributed by atoms with E-state index in [4.69, 9.17) is 11.6 Å². The average molecular weight is 268 g/mol. The summed E-state index contributed by atoms with van der Waals surface area (Å²) in [6, 6.07) is 9.19. The average Bonchev–Trinajstić information content (AvgIpc) is 2.34. The van der Waals surface area contributed by atoms with Crippen molar-refractivity contribution >= 4 is 23.2 Å². The first kappa shape index (κ1) is 12.5. The number of amides is 1. The van der Waals surface area contributed by atoms with E-state index in [2.05, 4.69) is 5.32 Å². The maximum absolute atomic E-state index is 13.4. The number of rotatable bonds is 2. The molecular formula is C13H8ClF2NO. The highest BCUT2D eigenvalue weighted by molar-refractivity contribution is 6.31. The molecule has 0 unspecified atom stereocenters. The maximum atomic E-state index is 13.4. The third-order valence-electron chi connectivity index (χ3n) is 2.30. The molecule has 0 aliphatic rings. The van der Waals surface area contributed by atoms with Gasteiger partial charge in [-0.15, -0.1) is 0 Å². The molecule has 1 amide bonds. The minimum atomic E-state index is -0.728. The Morgan fingerprint density at radius 2 is 1.78 bits per heavy atom. The Kier molecular flexibility index (Phi) is 3.58. The fraction of sp³-hybridized carbons (Fsp3) is 0. The third kappa shape index (κ3) is 2.65. The normalized spacial score (nSPS) is 10.2. The molecule has 0 heterocycles. The summed E-state index contributed by atoms with van der Waals surface area (Å²) in [6.07, 6.45) is 0. The summed E-state index contributed by atoms with van der Waals surface area (Å²) in [5.41, 5.74) is -0.243. The van der Waals surface area contributed by atoms with Crippen LogP contribution in [0, 0.1) is 11.6 Å². The van der Waals surface area contributed by atoms with Crippen LogP contribution in [-0.2, 0) is 0 Å². The molecule has 92 valence electrons. The van der Waals surface area contributed by atoms with Crippen LogP contribution in [0.3, 0.4) is 0 Å². The van der Waals surface area contributed by atoms with Gasteiger partial charge in [0.15, 0.2) is 0 Å². The van der Waals surface area contributed by atoms with Gasteiger partial charge in [0.25, 0.3) is 5.91 Å². The molecule has 2 nitrogen and oxygen atoms in total. The lowest BCUT2D eigenvalue weighted by Gasteiger charge is -2.07. The molecule has 0 saturated heterocycles. The molecule has 0 fully saturated rings. The monoisotopic (exact) mass is 267 g/mol. The van der Waals surface area contributed by atoms with E-state index in [1.54, 1.807) is 0 Å². The second-order valence-electron chi connectivity index (χ2n) is 3.56. The number of benzene rings is 2. The van der Waals surface area contributed by atoms with Crippen LogP contribution in [0.4, 0.5) is 14.5 Å². The van der Waals surface area contributed by atoms with E-state index >= 15 is 0 Å². The molecule has 0 aliphatic carbocycles. The van der Waals surface area contributed by atoms with Crippen molar-refractivity contribution in [1.82, 2.24) is 0 Å². The highest BCUT2D eigenvalue weighted by atomic mass is 35.5. The molecule has 18 heavy (non-hydrogen) atoms. The zero-order chi connectivity index (χ0) is 13.1. The molecule has 0 aromatic heterocycles. The first-order valence-electron chi connectivity index (χ1n) is 5.09. The van der Waals surface area contributed by atoms with Crippen LogP contribution < -0.4 is 5.32 Å². The van der Waals surface area contributed by atoms with Crippen molar-refractivity contribution < 1.29 is 13.6 Å². The summed E-state index contributed by atoms with van der Waals surface area (Å²) in [7, 11) is 0. The van der Waals surface area contributed by atoms with Gasteiger partial charge in [0.05, 0.1) is 11.3 Å². The van der Waals surface area contributed by atoms with E-state index in [0.717, 1.165) is 12.1 Å². The first-order valence-corrected chi connectivity index (χ1v) is 5.46. The van der Waals surface area contributed by atoms with Crippen LogP contribution in [0.25, 0.3) is 0 Å². The standard InChI is InChI=1S/C13H8ClF2NO/c14-8-5-6-11(16)12(7-8)17-13(18)9-3-1-2-4-10(9)15/h1-7H,(H,17,18). The molecule has 0 saturated carbocycles. The second kappa shape index (κ2) is 5.14. The summed E-state index contributed by atoms with van der Waals surface area (Å²) >= 11 is 5.69. The number of carbonyl (C=O) groups is 1. The van der Waals surface area contributed by atoms with Crippen LogP contribution in [0.1, 0.15) is 10.4 Å². The molecule has 0 spiro atoms. The summed E-state index contributed by atoms with van der Waals surface area (Å²) in [5.74, 6) is -2.03. The highest BCUT2D eigenvalue weighted by Crippen LogP contribution is 2.20. The predicted octanol–water partition coefficient (Wildman–Crippen LogP) is 3.87. The largest absolute Gasteiger partial charge is 0.319 e. The first-order chi connectivity index (χ1) is 8.58. The van der Waals surface area contributed by atoms with Crippen LogP contribution in [0.15, 0.2) is 42.5 Å². The molecular weight excluding hydrogens is 260 g/mol. The van der Waals surface area contributed by atoms with Crippen LogP contribution in [0.5, 0.6) is 0 Å². The van der Waals surface area contributed by atoms with E-state index in [0.29, 0.717) is 0 Å². The van der Waals surface area contributed by atoms with Crippen molar-refractivity contribution in [2.75, 3.05) is 5.32 Å². The summed E-state index contributed by atoms with van der Waals surface area (Å²) < 4.78 is 26.7. The maximum Gasteiger partial charge on any atom is 0.258 e. The van der Waals surface area contributed by atoms with E-state index in [9.17, 15) is 13.6 Å². The number of halogens is 3. The Hall–Kier alpha value is -1.94. The van der Waals surface area contributed by atoms with Gasteiger partial charge in [-0.1, -0.05) is 23.7 Å². The fourth-order valence-electron chi connectivity index (χ4n) is 1.43. The minimum Gasteiger partial charge on any atom is -0.319 e. The lowest BCUT2D eigenvalue weighted by molar-refractivity contribution is 0.102. The van der Waals surface area contributed by atoms with Crippen molar-refractivity contribution in [2.24, 2.45) is 0 Å². The molecule has 0 aliphatic heterocycles. The lowest BCUT2D eigenvalue weighted by atomic mass is 10.2. The van der Waals surface area contributed by atoms with Gasteiger partial charge in [0, 0.05) is 5.02 Å². The van der Waals surface area contributed by atoms with E-state index < -0.39 is 17.5 Å². The zero-order valence-corrected chi connectivity index (χ0v) is 9.84. The van der Waals surface area contributed by atoms with Gasteiger partial charge in [0.2, 0.25) is 0 Å². The Balaban J connectivity index is 2.27. The topological polar surface area (TPSA) is 29.1 Å². The SMILES string of the molecule is O=C(Nc1cc(Cl)ccc1F)c1ccccc1F. The van der Waals surface area contributed by atoms with Crippen molar-refractivity contribution in [3.05, 3.63) is 64.7 Å². The van der Waals surface area contributed by atoms with Crippen molar-refractivity contribution in [3.8, 4) is 0 Å². The van der Waals surface area contributed by atoms with Crippen molar-refractivity contribution in [1.29, 1.82) is 0 Å². The summed E-state index contributed by atoms with van der Waals surface area (Å²) in [5, 5.41) is 2.55. The zero-order valence-electron chi connectivity index (χ0n) is 9.08. The number of anilines is 1. The minimum absolute atomic E-state index is 0.0873. The molecule has 2 aromatic rings. The van der Waals surface area contributed by atoms with Gasteiger partial charge in [-0.05, 0) is 30.3 Å². The Morgan fingerprint density at radius 3 is 2.50 bits per heavy atom. The second-order valence-corrected chi connectivity index (χ2v) is 3.99. The number of hydrogen-bond acceptors (Lipinski definition) is 1. The Morgan fingerprint density at radius 1 is 1.06 bits per heavy atom. The van der Waals surface area contributed by atoms with E-state index in [-0.39, 0.29) is 16.3 Å².